The zero-order valence-corrected chi connectivity index (χ0v) is 15.6. The van der Waals surface area contributed by atoms with E-state index in [0.29, 0.717) is 6.04 Å². The maximum absolute atomic E-state index is 6.38. The van der Waals surface area contributed by atoms with E-state index >= 15 is 0 Å². The van der Waals surface area contributed by atoms with Gasteiger partial charge in [0, 0.05) is 12.3 Å². The van der Waals surface area contributed by atoms with Crippen LogP contribution in [0.15, 0.2) is 5.10 Å². The predicted octanol–water partition coefficient (Wildman–Crippen LogP) is 4.65. The summed E-state index contributed by atoms with van der Waals surface area (Å²) < 4.78 is 6.38. The number of hydrogen-bond acceptors (Lipinski definition) is 3. The quantitative estimate of drug-likeness (QED) is 0.527. The molecular formula is C16H34N2OSi. The first-order valence-electron chi connectivity index (χ1n) is 8.18. The average Bonchev–Trinajstić information content (AvgIpc) is 2.79. The molecule has 0 unspecified atom stereocenters. The summed E-state index contributed by atoms with van der Waals surface area (Å²) >= 11 is 0. The molecule has 0 aliphatic carbocycles. The largest absolute Gasteiger partial charge is 0.415 e. The van der Waals surface area contributed by atoms with Crippen molar-refractivity contribution in [3.8, 4) is 0 Å². The van der Waals surface area contributed by atoms with Crippen LogP contribution in [0, 0.1) is 0 Å². The normalized spacial score (nSPS) is 20.4. The molecule has 0 aromatic heterocycles. The van der Waals surface area contributed by atoms with Crippen molar-refractivity contribution in [2.24, 2.45) is 5.10 Å². The first kappa shape index (κ1) is 17.7. The molecule has 0 spiro atoms. The third-order valence-electron chi connectivity index (χ3n) is 4.87. The Labute approximate surface area is 126 Å². The molecule has 3 nitrogen and oxygen atoms in total. The lowest BCUT2D eigenvalue weighted by atomic mass is 10.2. The van der Waals surface area contributed by atoms with Crippen LogP contribution in [0.2, 0.25) is 18.1 Å². The second kappa shape index (κ2) is 7.08. The maximum Gasteiger partial charge on any atom is 0.192 e. The zero-order valence-electron chi connectivity index (χ0n) is 14.6. The Balaban J connectivity index is 2.61. The minimum absolute atomic E-state index is 0.289. The Morgan fingerprint density at radius 2 is 1.85 bits per heavy atom. The lowest BCUT2D eigenvalue weighted by Gasteiger charge is -2.37. The molecule has 20 heavy (non-hydrogen) atoms. The second-order valence-electron chi connectivity index (χ2n) is 7.40. The van der Waals surface area contributed by atoms with Crippen LogP contribution in [0.4, 0.5) is 0 Å². The summed E-state index contributed by atoms with van der Waals surface area (Å²) in [5.74, 6) is 0. The number of nitrogens with zero attached hydrogens (tertiary/aromatic N) is 2. The van der Waals surface area contributed by atoms with Crippen LogP contribution in [0.3, 0.4) is 0 Å². The third-order valence-corrected chi connectivity index (χ3v) is 9.38. The molecule has 1 atom stereocenters. The molecule has 1 saturated heterocycles. The summed E-state index contributed by atoms with van der Waals surface area (Å²) in [4.78, 5) is 0. The standard InChI is InChI=1S/C16H34N2OSi/c1-8-14(9-2)17-18-12-10-11-15(18)13-19-20(6,7)16(3,4)5/h15H,8-13H2,1-7H3/t15-/m0/s1. The van der Waals surface area contributed by atoms with Crippen molar-refractivity contribution in [3.63, 3.8) is 0 Å². The van der Waals surface area contributed by atoms with E-state index in [2.05, 4.69) is 52.7 Å². The maximum atomic E-state index is 6.38. The average molecular weight is 299 g/mol. The monoisotopic (exact) mass is 298 g/mol. The first-order chi connectivity index (χ1) is 9.21. The van der Waals surface area contributed by atoms with E-state index < -0.39 is 8.32 Å². The van der Waals surface area contributed by atoms with Crippen LogP contribution < -0.4 is 0 Å². The Morgan fingerprint density at radius 1 is 1.25 bits per heavy atom. The van der Waals surface area contributed by atoms with Crippen molar-refractivity contribution in [2.45, 2.75) is 84.5 Å². The van der Waals surface area contributed by atoms with Gasteiger partial charge < -0.3 is 4.43 Å². The van der Waals surface area contributed by atoms with Crippen LogP contribution in [0.25, 0.3) is 0 Å². The SMILES string of the molecule is CCC(CC)=NN1CCC[C@H]1CO[Si](C)(C)C(C)(C)C. The molecule has 0 amide bonds. The van der Waals surface area contributed by atoms with E-state index in [4.69, 9.17) is 9.53 Å². The molecular weight excluding hydrogens is 264 g/mol. The molecule has 1 aliphatic rings. The fourth-order valence-corrected chi connectivity index (χ4v) is 3.26. The van der Waals surface area contributed by atoms with E-state index in [1.54, 1.807) is 0 Å². The summed E-state index contributed by atoms with van der Waals surface area (Å²) in [6, 6.07) is 0.484. The topological polar surface area (TPSA) is 24.8 Å². The molecule has 1 rings (SSSR count). The van der Waals surface area contributed by atoms with Crippen molar-refractivity contribution in [1.29, 1.82) is 0 Å². The van der Waals surface area contributed by atoms with Gasteiger partial charge >= 0.3 is 0 Å². The van der Waals surface area contributed by atoms with Gasteiger partial charge in [-0.05, 0) is 43.8 Å². The van der Waals surface area contributed by atoms with Gasteiger partial charge in [-0.3, -0.25) is 5.01 Å². The molecule has 4 heteroatoms. The summed E-state index contributed by atoms with van der Waals surface area (Å²) in [5, 5.41) is 7.42. The third kappa shape index (κ3) is 4.59. The van der Waals surface area contributed by atoms with Gasteiger partial charge in [-0.15, -0.1) is 0 Å². The highest BCUT2D eigenvalue weighted by atomic mass is 28.4. The number of hydrogen-bond donors (Lipinski definition) is 0. The molecule has 1 fully saturated rings. The number of rotatable bonds is 6. The minimum atomic E-state index is -1.63. The van der Waals surface area contributed by atoms with Gasteiger partial charge in [0.15, 0.2) is 8.32 Å². The van der Waals surface area contributed by atoms with Gasteiger partial charge in [-0.25, -0.2) is 0 Å². The van der Waals surface area contributed by atoms with Gasteiger partial charge in [0.05, 0.1) is 12.6 Å². The van der Waals surface area contributed by atoms with Crippen LogP contribution >= 0.6 is 0 Å². The van der Waals surface area contributed by atoms with Crippen molar-refractivity contribution in [3.05, 3.63) is 0 Å². The smallest absolute Gasteiger partial charge is 0.192 e. The minimum Gasteiger partial charge on any atom is -0.415 e. The molecule has 0 aromatic carbocycles. The highest BCUT2D eigenvalue weighted by molar-refractivity contribution is 6.74. The van der Waals surface area contributed by atoms with Crippen molar-refractivity contribution in [2.75, 3.05) is 13.2 Å². The Morgan fingerprint density at radius 3 is 2.35 bits per heavy atom. The van der Waals surface area contributed by atoms with E-state index in [1.165, 1.54) is 18.6 Å². The summed E-state index contributed by atoms with van der Waals surface area (Å²) in [5.41, 5.74) is 1.31. The van der Waals surface area contributed by atoms with Crippen LogP contribution in [-0.2, 0) is 4.43 Å². The van der Waals surface area contributed by atoms with E-state index in [0.717, 1.165) is 26.0 Å². The van der Waals surface area contributed by atoms with Crippen molar-refractivity contribution in [1.82, 2.24) is 5.01 Å². The van der Waals surface area contributed by atoms with E-state index in [1.807, 2.05) is 0 Å². The predicted molar refractivity (Wildman–Crippen MR) is 90.9 cm³/mol. The summed E-state index contributed by atoms with van der Waals surface area (Å²) in [6.07, 6.45) is 4.58. The highest BCUT2D eigenvalue weighted by Crippen LogP contribution is 2.37. The van der Waals surface area contributed by atoms with Gasteiger partial charge in [-0.2, -0.15) is 5.10 Å². The van der Waals surface area contributed by atoms with Gasteiger partial charge in [0.2, 0.25) is 0 Å². The van der Waals surface area contributed by atoms with E-state index in [-0.39, 0.29) is 5.04 Å². The summed E-state index contributed by atoms with van der Waals surface area (Å²) in [6.45, 7) is 17.9. The van der Waals surface area contributed by atoms with Crippen LogP contribution in [0.5, 0.6) is 0 Å². The molecule has 0 bridgehead atoms. The second-order valence-corrected chi connectivity index (χ2v) is 12.2. The Bertz CT molecular complexity index is 328. The van der Waals surface area contributed by atoms with Crippen molar-refractivity contribution < 1.29 is 4.43 Å². The van der Waals surface area contributed by atoms with Crippen molar-refractivity contribution >= 4 is 14.0 Å². The summed E-state index contributed by atoms with van der Waals surface area (Å²) in [7, 11) is -1.63. The molecule has 1 heterocycles. The zero-order chi connectivity index (χ0) is 15.4. The van der Waals surface area contributed by atoms with Gasteiger partial charge in [-0.1, -0.05) is 34.6 Å². The Hall–Kier alpha value is -0.353. The molecule has 118 valence electrons. The number of hydrazone groups is 1. The molecule has 0 N–H and O–H groups in total. The molecule has 0 saturated carbocycles. The van der Waals surface area contributed by atoms with Crippen LogP contribution in [-0.4, -0.2) is 38.2 Å². The van der Waals surface area contributed by atoms with Crippen LogP contribution in [0.1, 0.15) is 60.3 Å². The Kier molecular flexibility index (Phi) is 6.26. The molecule has 1 aliphatic heterocycles. The lowest BCUT2D eigenvalue weighted by Crippen LogP contribution is -2.44. The van der Waals surface area contributed by atoms with Gasteiger partial charge in [0.25, 0.3) is 0 Å². The lowest BCUT2D eigenvalue weighted by molar-refractivity contribution is 0.166. The highest BCUT2D eigenvalue weighted by Gasteiger charge is 2.38. The molecule has 0 radical (unpaired) electrons. The van der Waals surface area contributed by atoms with E-state index in [9.17, 15) is 0 Å². The fourth-order valence-electron chi connectivity index (χ4n) is 2.22. The molecule has 0 aromatic rings. The fraction of sp³-hybridized carbons (Fsp3) is 0.938. The van der Waals surface area contributed by atoms with Gasteiger partial charge in [0.1, 0.15) is 0 Å². The first-order valence-corrected chi connectivity index (χ1v) is 11.1.